The minimum Gasteiger partial charge on any atom is -0.408 e. The predicted molar refractivity (Wildman–Crippen MR) is 70.2 cm³/mol. The summed E-state index contributed by atoms with van der Waals surface area (Å²) in [7, 11) is 0. The van der Waals surface area contributed by atoms with Crippen molar-refractivity contribution in [2.75, 3.05) is 18.1 Å². The van der Waals surface area contributed by atoms with Gasteiger partial charge < -0.3 is 15.5 Å². The summed E-state index contributed by atoms with van der Waals surface area (Å²) in [4.78, 5) is 0. The van der Waals surface area contributed by atoms with Crippen molar-refractivity contribution in [2.24, 2.45) is 5.73 Å². The van der Waals surface area contributed by atoms with Crippen LogP contribution in [-0.4, -0.2) is 34.3 Å². The number of hydrogen-bond donors (Lipinski definition) is 2. The van der Waals surface area contributed by atoms with Gasteiger partial charge in [0.2, 0.25) is 5.89 Å². The molecule has 0 aliphatic heterocycles. The highest BCUT2D eigenvalue weighted by Crippen LogP contribution is 2.28. The molecule has 6 heteroatoms. The minimum absolute atomic E-state index is 0.465. The van der Waals surface area contributed by atoms with E-state index in [2.05, 4.69) is 21.8 Å². The van der Waals surface area contributed by atoms with Crippen LogP contribution in [0.3, 0.4) is 0 Å². The molecule has 2 unspecified atom stereocenters. The largest absolute Gasteiger partial charge is 0.408 e. The second kappa shape index (κ2) is 6.26. The Morgan fingerprint density at radius 3 is 3.12 bits per heavy atom. The van der Waals surface area contributed by atoms with Crippen LogP contribution in [0.1, 0.15) is 31.6 Å². The quantitative estimate of drug-likeness (QED) is 0.834. The summed E-state index contributed by atoms with van der Waals surface area (Å²) in [5.74, 6) is 0.618. The van der Waals surface area contributed by atoms with E-state index >= 15 is 0 Å². The number of aromatic nitrogens is 2. The van der Waals surface area contributed by atoms with Crippen LogP contribution in [0.5, 0.6) is 0 Å². The van der Waals surface area contributed by atoms with E-state index < -0.39 is 0 Å². The number of anilines is 1. The van der Waals surface area contributed by atoms with Crippen molar-refractivity contribution in [3.63, 3.8) is 0 Å². The molecule has 0 bridgehead atoms. The van der Waals surface area contributed by atoms with Gasteiger partial charge in [0.15, 0.2) is 0 Å². The Morgan fingerprint density at radius 2 is 2.35 bits per heavy atom. The molecule has 2 atom stereocenters. The Labute approximate surface area is 106 Å². The third-order valence-corrected chi connectivity index (χ3v) is 4.21. The molecule has 1 fully saturated rings. The third-order valence-electron chi connectivity index (χ3n) is 3.11. The van der Waals surface area contributed by atoms with Gasteiger partial charge in [-0.3, -0.25) is 0 Å². The summed E-state index contributed by atoms with van der Waals surface area (Å²) in [6, 6.07) is 1.01. The summed E-state index contributed by atoms with van der Waals surface area (Å²) in [5, 5.41) is 12.0. The molecule has 1 aromatic rings. The molecule has 1 aliphatic rings. The molecule has 5 nitrogen and oxygen atoms in total. The van der Waals surface area contributed by atoms with Gasteiger partial charge in [-0.1, -0.05) is 11.5 Å². The summed E-state index contributed by atoms with van der Waals surface area (Å²) >= 11 is 1.95. The monoisotopic (exact) mass is 256 g/mol. The first-order valence-corrected chi connectivity index (χ1v) is 7.42. The molecule has 0 radical (unpaired) electrons. The lowest BCUT2D eigenvalue weighted by Crippen LogP contribution is -2.28. The van der Waals surface area contributed by atoms with Crippen molar-refractivity contribution in [3.8, 4) is 0 Å². The Hall–Kier alpha value is -0.750. The van der Waals surface area contributed by atoms with E-state index in [-0.39, 0.29) is 0 Å². The maximum Gasteiger partial charge on any atom is 0.315 e. The lowest BCUT2D eigenvalue weighted by Gasteiger charge is -2.27. The van der Waals surface area contributed by atoms with Crippen LogP contribution in [-0.2, 0) is 6.42 Å². The Balaban J connectivity index is 1.86. The second-order valence-electron chi connectivity index (χ2n) is 4.41. The molecule has 0 spiro atoms. The molecule has 17 heavy (non-hydrogen) atoms. The minimum atomic E-state index is 0.465. The summed E-state index contributed by atoms with van der Waals surface area (Å²) in [5.41, 5.74) is 5.44. The van der Waals surface area contributed by atoms with Gasteiger partial charge in [0.25, 0.3) is 0 Å². The highest BCUT2D eigenvalue weighted by Gasteiger charge is 2.22. The number of rotatable bonds is 5. The van der Waals surface area contributed by atoms with Gasteiger partial charge >= 0.3 is 6.01 Å². The fourth-order valence-electron chi connectivity index (χ4n) is 2.20. The maximum absolute atomic E-state index is 5.48. The smallest absolute Gasteiger partial charge is 0.315 e. The Bertz CT molecular complexity index is 344. The van der Waals surface area contributed by atoms with Crippen LogP contribution in [0, 0.1) is 0 Å². The first kappa shape index (κ1) is 12.7. The molecule has 1 saturated carbocycles. The second-order valence-corrected chi connectivity index (χ2v) is 5.54. The average molecular weight is 256 g/mol. The predicted octanol–water partition coefficient (Wildman–Crippen LogP) is 1.66. The van der Waals surface area contributed by atoms with Crippen molar-refractivity contribution in [2.45, 2.75) is 43.4 Å². The van der Waals surface area contributed by atoms with Crippen molar-refractivity contribution in [3.05, 3.63) is 5.89 Å². The van der Waals surface area contributed by atoms with Gasteiger partial charge in [-0.15, -0.1) is 5.10 Å². The van der Waals surface area contributed by atoms with Gasteiger partial charge in [0.1, 0.15) is 0 Å². The van der Waals surface area contributed by atoms with Crippen molar-refractivity contribution in [1.29, 1.82) is 0 Å². The molecule has 0 aromatic carbocycles. The lowest BCUT2D eigenvalue weighted by molar-refractivity contribution is 0.448. The van der Waals surface area contributed by atoms with E-state index in [0.717, 1.165) is 5.25 Å². The average Bonchev–Trinajstić information content (AvgIpc) is 2.77. The van der Waals surface area contributed by atoms with Gasteiger partial charge in [-0.2, -0.15) is 11.8 Å². The molecule has 0 amide bonds. The van der Waals surface area contributed by atoms with E-state index in [1.807, 2.05) is 11.8 Å². The molecule has 1 aromatic heterocycles. The van der Waals surface area contributed by atoms with Gasteiger partial charge in [-0.05, 0) is 25.5 Å². The lowest BCUT2D eigenvalue weighted by atomic mass is 9.95. The van der Waals surface area contributed by atoms with E-state index in [1.165, 1.54) is 25.7 Å². The standard InChI is InChI=1S/C11H20N4OS/c1-17-9-4-2-3-8(7-9)13-11-15-14-10(16-11)5-6-12/h8-9H,2-7,12H2,1H3,(H,13,15). The van der Waals surface area contributed by atoms with E-state index in [1.54, 1.807) is 0 Å². The maximum atomic E-state index is 5.48. The van der Waals surface area contributed by atoms with Gasteiger partial charge in [-0.25, -0.2) is 0 Å². The highest BCUT2D eigenvalue weighted by atomic mass is 32.2. The fourth-order valence-corrected chi connectivity index (χ4v) is 3.03. The van der Waals surface area contributed by atoms with Gasteiger partial charge in [0, 0.05) is 24.3 Å². The van der Waals surface area contributed by atoms with Crippen LogP contribution >= 0.6 is 11.8 Å². The molecule has 3 N–H and O–H groups in total. The third kappa shape index (κ3) is 3.61. The van der Waals surface area contributed by atoms with E-state index in [4.69, 9.17) is 10.2 Å². The SMILES string of the molecule is CSC1CCCC(Nc2nnc(CCN)o2)C1. The number of nitrogens with zero attached hydrogens (tertiary/aromatic N) is 2. The van der Waals surface area contributed by atoms with Crippen LogP contribution < -0.4 is 11.1 Å². The number of hydrogen-bond acceptors (Lipinski definition) is 6. The van der Waals surface area contributed by atoms with E-state index in [9.17, 15) is 0 Å². The van der Waals surface area contributed by atoms with Crippen molar-refractivity contribution < 1.29 is 4.42 Å². The molecule has 1 aliphatic carbocycles. The Morgan fingerprint density at radius 1 is 1.47 bits per heavy atom. The molecule has 0 saturated heterocycles. The number of nitrogens with two attached hydrogens (primary N) is 1. The zero-order valence-electron chi connectivity index (χ0n) is 10.2. The van der Waals surface area contributed by atoms with Crippen LogP contribution in [0.2, 0.25) is 0 Å². The normalized spacial score (nSPS) is 24.8. The fraction of sp³-hybridized carbons (Fsp3) is 0.818. The van der Waals surface area contributed by atoms with Crippen LogP contribution in [0.25, 0.3) is 0 Å². The topological polar surface area (TPSA) is 77.0 Å². The summed E-state index contributed by atoms with van der Waals surface area (Å²) in [6.07, 6.45) is 7.78. The number of nitrogens with one attached hydrogen (secondary N) is 1. The van der Waals surface area contributed by atoms with Crippen LogP contribution in [0.4, 0.5) is 6.01 Å². The number of thioether (sulfide) groups is 1. The first-order valence-electron chi connectivity index (χ1n) is 6.13. The zero-order chi connectivity index (χ0) is 12.1. The first-order chi connectivity index (χ1) is 8.31. The van der Waals surface area contributed by atoms with Gasteiger partial charge in [0.05, 0.1) is 0 Å². The Kier molecular flexibility index (Phi) is 4.67. The molecule has 96 valence electrons. The molecule has 2 rings (SSSR count). The summed E-state index contributed by atoms with van der Waals surface area (Å²) in [6.45, 7) is 0.541. The highest BCUT2D eigenvalue weighted by molar-refractivity contribution is 7.99. The zero-order valence-corrected chi connectivity index (χ0v) is 11.0. The molecular weight excluding hydrogens is 236 g/mol. The van der Waals surface area contributed by atoms with E-state index in [0.29, 0.717) is 30.9 Å². The van der Waals surface area contributed by atoms with Crippen LogP contribution in [0.15, 0.2) is 4.42 Å². The molecule has 1 heterocycles. The summed E-state index contributed by atoms with van der Waals surface area (Å²) < 4.78 is 5.48. The van der Waals surface area contributed by atoms with Crippen molar-refractivity contribution in [1.82, 2.24) is 10.2 Å². The van der Waals surface area contributed by atoms with Crippen molar-refractivity contribution >= 4 is 17.8 Å². The molecular formula is C11H20N4OS.